The van der Waals surface area contributed by atoms with Crippen molar-refractivity contribution >= 4 is 16.9 Å². The van der Waals surface area contributed by atoms with Gasteiger partial charge in [-0.1, -0.05) is 12.1 Å². The molecule has 0 aliphatic heterocycles. The lowest BCUT2D eigenvalue weighted by atomic mass is 9.53. The minimum absolute atomic E-state index is 0.0505. The van der Waals surface area contributed by atoms with E-state index in [1.165, 1.54) is 19.3 Å². The second kappa shape index (κ2) is 7.93. The fourth-order valence-electron chi connectivity index (χ4n) is 6.72. The summed E-state index contributed by atoms with van der Waals surface area (Å²) in [5, 5.41) is 6.99. The summed E-state index contributed by atoms with van der Waals surface area (Å²) in [4.78, 5) is 30.8. The summed E-state index contributed by atoms with van der Waals surface area (Å²) in [6.07, 6.45) is 7.33. The molecule has 4 aliphatic carbocycles. The van der Waals surface area contributed by atoms with Crippen LogP contribution in [-0.4, -0.2) is 34.8 Å². The number of hydrogen-bond donors (Lipinski definition) is 2. The van der Waals surface area contributed by atoms with E-state index in [0.717, 1.165) is 37.0 Å². The number of carbonyl (C=O) groups is 1. The molecule has 4 aliphatic rings. The Bertz CT molecular complexity index is 1010. The van der Waals surface area contributed by atoms with E-state index in [0.29, 0.717) is 29.9 Å². The highest BCUT2D eigenvalue weighted by atomic mass is 16.5. The van der Waals surface area contributed by atoms with Crippen LogP contribution in [0.15, 0.2) is 29.1 Å². The Kier molecular flexibility index (Phi) is 5.24. The van der Waals surface area contributed by atoms with Crippen LogP contribution in [0, 0.1) is 17.8 Å². The molecule has 0 radical (unpaired) electrons. The van der Waals surface area contributed by atoms with Gasteiger partial charge in [0.15, 0.2) is 0 Å². The van der Waals surface area contributed by atoms with E-state index in [2.05, 4.69) is 10.6 Å². The maximum Gasteiger partial charge on any atom is 0.315 e. The van der Waals surface area contributed by atoms with Crippen molar-refractivity contribution in [3.8, 4) is 0 Å². The first kappa shape index (κ1) is 20.5. The molecule has 1 unspecified atom stereocenters. The van der Waals surface area contributed by atoms with Gasteiger partial charge < -0.3 is 15.4 Å². The van der Waals surface area contributed by atoms with Gasteiger partial charge in [-0.15, -0.1) is 0 Å². The SMILES string of the molecule is COCCn1c(C(C)NC(=O)NC23CC4CC(CC(C4)C2)C3)nc2ccccc2c1=O. The van der Waals surface area contributed by atoms with Gasteiger partial charge in [0.25, 0.3) is 5.56 Å². The van der Waals surface area contributed by atoms with E-state index in [-0.39, 0.29) is 17.1 Å². The molecule has 166 valence electrons. The molecule has 1 atom stereocenters. The van der Waals surface area contributed by atoms with E-state index < -0.39 is 6.04 Å². The van der Waals surface area contributed by atoms with Gasteiger partial charge in [0.2, 0.25) is 0 Å². The molecule has 6 rings (SSSR count). The van der Waals surface area contributed by atoms with Crippen LogP contribution in [-0.2, 0) is 11.3 Å². The van der Waals surface area contributed by atoms with Crippen LogP contribution in [0.5, 0.6) is 0 Å². The van der Waals surface area contributed by atoms with Crippen LogP contribution in [0.2, 0.25) is 0 Å². The van der Waals surface area contributed by atoms with Crippen molar-refractivity contribution in [3.05, 3.63) is 40.4 Å². The normalized spacial score (nSPS) is 29.8. The first-order valence-corrected chi connectivity index (χ1v) is 11.5. The lowest BCUT2D eigenvalue weighted by Crippen LogP contribution is -2.61. The van der Waals surface area contributed by atoms with Gasteiger partial charge in [0, 0.05) is 12.6 Å². The monoisotopic (exact) mass is 424 g/mol. The molecule has 1 aromatic heterocycles. The quantitative estimate of drug-likeness (QED) is 0.745. The molecule has 4 fully saturated rings. The van der Waals surface area contributed by atoms with Crippen LogP contribution in [0.1, 0.15) is 57.3 Å². The van der Waals surface area contributed by atoms with Gasteiger partial charge in [0.05, 0.1) is 30.1 Å². The lowest BCUT2D eigenvalue weighted by Gasteiger charge is -2.56. The van der Waals surface area contributed by atoms with Gasteiger partial charge >= 0.3 is 6.03 Å². The Morgan fingerprint density at radius 3 is 2.48 bits per heavy atom. The summed E-state index contributed by atoms with van der Waals surface area (Å²) < 4.78 is 6.83. The van der Waals surface area contributed by atoms with Crippen molar-refractivity contribution in [1.82, 2.24) is 20.2 Å². The fourth-order valence-corrected chi connectivity index (χ4v) is 6.72. The van der Waals surface area contributed by atoms with Crippen molar-refractivity contribution in [1.29, 1.82) is 0 Å². The number of nitrogens with one attached hydrogen (secondary N) is 2. The summed E-state index contributed by atoms with van der Waals surface area (Å²) in [6, 6.07) is 6.78. The molecule has 0 spiro atoms. The average Bonchev–Trinajstić information content (AvgIpc) is 2.71. The Labute approximate surface area is 182 Å². The number of benzene rings is 1. The van der Waals surface area contributed by atoms with Crippen LogP contribution >= 0.6 is 0 Å². The minimum atomic E-state index is -0.400. The molecule has 2 aromatic rings. The predicted octanol–water partition coefficient (Wildman–Crippen LogP) is 3.37. The van der Waals surface area contributed by atoms with E-state index >= 15 is 0 Å². The molecule has 4 bridgehead atoms. The predicted molar refractivity (Wildman–Crippen MR) is 119 cm³/mol. The number of urea groups is 1. The molecule has 31 heavy (non-hydrogen) atoms. The second-order valence-corrected chi connectivity index (χ2v) is 9.95. The number of nitrogens with zero attached hydrogens (tertiary/aromatic N) is 2. The van der Waals surface area contributed by atoms with Crippen molar-refractivity contribution in [2.24, 2.45) is 17.8 Å². The molecule has 2 N–H and O–H groups in total. The molecule has 2 amide bonds. The number of amides is 2. The van der Waals surface area contributed by atoms with E-state index in [9.17, 15) is 9.59 Å². The number of ether oxygens (including phenoxy) is 1. The molecule has 7 nitrogen and oxygen atoms in total. The van der Waals surface area contributed by atoms with Crippen molar-refractivity contribution < 1.29 is 9.53 Å². The van der Waals surface area contributed by atoms with Gasteiger partial charge in [-0.3, -0.25) is 9.36 Å². The van der Waals surface area contributed by atoms with Crippen molar-refractivity contribution in [2.75, 3.05) is 13.7 Å². The van der Waals surface area contributed by atoms with Crippen LogP contribution in [0.4, 0.5) is 4.79 Å². The third-order valence-corrected chi connectivity index (χ3v) is 7.56. The summed E-state index contributed by atoms with van der Waals surface area (Å²) in [7, 11) is 1.61. The highest BCUT2D eigenvalue weighted by Crippen LogP contribution is 2.55. The average molecular weight is 425 g/mol. The zero-order valence-corrected chi connectivity index (χ0v) is 18.4. The van der Waals surface area contributed by atoms with Gasteiger partial charge in [0.1, 0.15) is 5.82 Å². The smallest absolute Gasteiger partial charge is 0.315 e. The molecule has 1 heterocycles. The molecule has 4 saturated carbocycles. The van der Waals surface area contributed by atoms with Gasteiger partial charge in [-0.05, 0) is 75.3 Å². The second-order valence-electron chi connectivity index (χ2n) is 9.95. The highest BCUT2D eigenvalue weighted by Gasteiger charge is 2.51. The summed E-state index contributed by atoms with van der Waals surface area (Å²) in [5.41, 5.74) is 0.490. The summed E-state index contributed by atoms with van der Waals surface area (Å²) >= 11 is 0. The standard InChI is InChI=1S/C24H32N4O3/c1-15(21-26-20-6-4-3-5-19(20)22(29)28(21)7-8-31-2)25-23(30)27-24-12-16-9-17(13-24)11-18(10-16)14-24/h3-6,15-18H,7-14H2,1-2H3,(H2,25,27,30). The van der Waals surface area contributed by atoms with Crippen LogP contribution in [0.3, 0.4) is 0 Å². The van der Waals surface area contributed by atoms with Crippen molar-refractivity contribution in [3.63, 3.8) is 0 Å². The minimum Gasteiger partial charge on any atom is -0.383 e. The topological polar surface area (TPSA) is 85.2 Å². The first-order chi connectivity index (χ1) is 15.0. The fraction of sp³-hybridized carbons (Fsp3) is 0.625. The van der Waals surface area contributed by atoms with Crippen LogP contribution < -0.4 is 16.2 Å². The number of fused-ring (bicyclic) bond motifs is 1. The van der Waals surface area contributed by atoms with E-state index in [1.54, 1.807) is 17.7 Å². The molecule has 0 saturated heterocycles. The summed E-state index contributed by atoms with van der Waals surface area (Å²) in [6.45, 7) is 2.68. The Balaban J connectivity index is 1.36. The number of methoxy groups -OCH3 is 1. The number of para-hydroxylation sites is 1. The molecule has 1 aromatic carbocycles. The molecular formula is C24H32N4O3. The number of hydrogen-bond acceptors (Lipinski definition) is 4. The number of rotatable bonds is 6. The Hall–Kier alpha value is -2.41. The van der Waals surface area contributed by atoms with Crippen molar-refractivity contribution in [2.45, 2.75) is 63.6 Å². The third kappa shape index (κ3) is 3.84. The molecule has 7 heteroatoms. The Morgan fingerprint density at radius 2 is 1.84 bits per heavy atom. The third-order valence-electron chi connectivity index (χ3n) is 7.56. The zero-order chi connectivity index (χ0) is 21.6. The molecular weight excluding hydrogens is 392 g/mol. The Morgan fingerprint density at radius 1 is 1.19 bits per heavy atom. The number of aromatic nitrogens is 2. The zero-order valence-electron chi connectivity index (χ0n) is 18.4. The largest absolute Gasteiger partial charge is 0.383 e. The van der Waals surface area contributed by atoms with Gasteiger partial charge in [-0.2, -0.15) is 0 Å². The maximum absolute atomic E-state index is 13.1. The maximum atomic E-state index is 13.1. The van der Waals surface area contributed by atoms with Gasteiger partial charge in [-0.25, -0.2) is 9.78 Å². The van der Waals surface area contributed by atoms with E-state index in [1.807, 2.05) is 25.1 Å². The number of carbonyl (C=O) groups excluding carboxylic acids is 1. The van der Waals surface area contributed by atoms with E-state index in [4.69, 9.17) is 9.72 Å². The summed E-state index contributed by atoms with van der Waals surface area (Å²) in [5.74, 6) is 2.86. The first-order valence-electron chi connectivity index (χ1n) is 11.5. The highest BCUT2D eigenvalue weighted by molar-refractivity contribution is 5.78. The van der Waals surface area contributed by atoms with Crippen LogP contribution in [0.25, 0.3) is 10.9 Å². The lowest BCUT2D eigenvalue weighted by molar-refractivity contribution is -0.0136.